The van der Waals surface area contributed by atoms with Gasteiger partial charge in [-0.15, -0.1) is 0 Å². The number of rotatable bonds is 6. The van der Waals surface area contributed by atoms with Gasteiger partial charge < -0.3 is 23.5 Å². The molecule has 6 heteroatoms. The molecule has 3 aliphatic rings. The molecule has 9 aromatic carbocycles. The molecule has 0 atom stereocenters. The molecule has 0 spiro atoms. The zero-order valence-corrected chi connectivity index (χ0v) is 47.1. The first-order valence-electron chi connectivity index (χ1n) is 28.2. The highest BCUT2D eigenvalue weighted by Crippen LogP contribution is 2.49. The summed E-state index contributed by atoms with van der Waals surface area (Å²) in [6, 6.07) is 70.6. The van der Waals surface area contributed by atoms with Crippen molar-refractivity contribution < 1.29 is 8.83 Å². The molecule has 2 aliphatic heterocycles. The Labute approximate surface area is 465 Å². The van der Waals surface area contributed by atoms with Crippen LogP contribution in [0.15, 0.2) is 203 Å². The Kier molecular flexibility index (Phi) is 11.0. The third-order valence-corrected chi connectivity index (χ3v) is 17.0. The lowest BCUT2D eigenvalue weighted by molar-refractivity contribution is 0.590. The highest BCUT2D eigenvalue weighted by Gasteiger charge is 2.44. The molecule has 388 valence electrons. The summed E-state index contributed by atoms with van der Waals surface area (Å²) in [6.07, 6.45) is 4.32. The van der Waals surface area contributed by atoms with Crippen LogP contribution in [0.5, 0.6) is 0 Å². The van der Waals surface area contributed by atoms with Gasteiger partial charge >= 0.3 is 0 Å². The van der Waals surface area contributed by atoms with E-state index in [1.807, 2.05) is 0 Å². The number of para-hydroxylation sites is 2. The van der Waals surface area contributed by atoms with E-state index in [4.69, 9.17) is 8.83 Å². The molecule has 1 aliphatic carbocycles. The summed E-state index contributed by atoms with van der Waals surface area (Å²) in [5.41, 5.74) is 25.4. The zero-order valence-electron chi connectivity index (χ0n) is 47.1. The van der Waals surface area contributed by atoms with Gasteiger partial charge in [0.25, 0.3) is 6.71 Å². The SMILES string of the molecule is Cc1cc2c3c(c1)N(c1ccc(C4=CCCc5c4oc4ccccc54)cc1)c1cc(C(C)(C)C)ccc1B3c1ccc(N(c3ccc(C(C)(C)C)cc3)c3ccc(C(C)(C)C)cc3)cc1N2c1ccc2c(c1)oc1ccccc12. The van der Waals surface area contributed by atoms with Gasteiger partial charge in [-0.3, -0.25) is 0 Å². The lowest BCUT2D eigenvalue weighted by Gasteiger charge is -2.45. The van der Waals surface area contributed by atoms with Gasteiger partial charge in [0.2, 0.25) is 0 Å². The fourth-order valence-corrected chi connectivity index (χ4v) is 12.9. The van der Waals surface area contributed by atoms with E-state index in [1.165, 1.54) is 66.5 Å². The number of aryl methyl sites for hydroxylation is 2. The molecule has 0 saturated heterocycles. The van der Waals surface area contributed by atoms with Crippen molar-refractivity contribution in [3.63, 3.8) is 0 Å². The monoisotopic (exact) mass is 1030 g/mol. The van der Waals surface area contributed by atoms with Crippen LogP contribution in [0.3, 0.4) is 0 Å². The normalized spacial score (nSPS) is 14.1. The maximum Gasteiger partial charge on any atom is 0.252 e. The Balaban J connectivity index is 0.985. The van der Waals surface area contributed by atoms with Gasteiger partial charge in [0.1, 0.15) is 22.5 Å². The van der Waals surface area contributed by atoms with Crippen molar-refractivity contribution >= 4 is 113 Å². The molecule has 4 heterocycles. The minimum atomic E-state index is -0.0779. The van der Waals surface area contributed by atoms with Gasteiger partial charge in [0.15, 0.2) is 0 Å². The summed E-state index contributed by atoms with van der Waals surface area (Å²) in [5.74, 6) is 0.997. The van der Waals surface area contributed by atoms with Crippen molar-refractivity contribution in [1.29, 1.82) is 0 Å². The van der Waals surface area contributed by atoms with E-state index in [1.54, 1.807) is 0 Å². The Morgan fingerprint density at radius 3 is 1.59 bits per heavy atom. The Morgan fingerprint density at radius 2 is 0.962 bits per heavy atom. The molecule has 0 unspecified atom stereocenters. The van der Waals surface area contributed by atoms with Crippen LogP contribution in [0.2, 0.25) is 0 Å². The molecule has 0 saturated carbocycles. The quantitative estimate of drug-likeness (QED) is 0.155. The van der Waals surface area contributed by atoms with Gasteiger partial charge in [0.05, 0.1) is 0 Å². The highest BCUT2D eigenvalue weighted by molar-refractivity contribution is 7.00. The maximum absolute atomic E-state index is 6.70. The number of hydrogen-bond donors (Lipinski definition) is 0. The summed E-state index contributed by atoms with van der Waals surface area (Å²) in [5, 5.41) is 3.45. The first-order chi connectivity index (χ1) is 38.0. The van der Waals surface area contributed by atoms with Crippen LogP contribution in [0.25, 0.3) is 38.5 Å². The average molecular weight is 1030 g/mol. The van der Waals surface area contributed by atoms with E-state index in [0.29, 0.717) is 0 Å². The molecule has 0 bridgehead atoms. The van der Waals surface area contributed by atoms with Crippen molar-refractivity contribution in [3.05, 3.63) is 233 Å². The summed E-state index contributed by atoms with van der Waals surface area (Å²) >= 11 is 0. The third kappa shape index (κ3) is 8.04. The minimum Gasteiger partial charge on any atom is -0.456 e. The van der Waals surface area contributed by atoms with Gasteiger partial charge in [-0.25, -0.2) is 0 Å². The van der Waals surface area contributed by atoms with Crippen LogP contribution < -0.4 is 31.1 Å². The first-order valence-corrected chi connectivity index (χ1v) is 28.2. The summed E-state index contributed by atoms with van der Waals surface area (Å²) in [6.45, 7) is 22.9. The van der Waals surface area contributed by atoms with Crippen LogP contribution in [0, 0.1) is 6.92 Å². The molecular formula is C73H66BN3O2. The van der Waals surface area contributed by atoms with E-state index in [-0.39, 0.29) is 23.0 Å². The smallest absolute Gasteiger partial charge is 0.252 e. The van der Waals surface area contributed by atoms with Crippen LogP contribution in [0.1, 0.15) is 108 Å². The molecule has 14 rings (SSSR count). The standard InChI is InChI=1S/C73H66BN3O2/c1-45-40-64-69-65(41-45)77(54-35-37-58-56-16-11-13-20-66(56)78-68(58)44-54)63-43-53(75(50-31-24-47(25-32-50)71(2,3)4)51-33-26-48(27-34-51)72(5,6)7)36-39-61(63)74(69)60-38-28-49(73(8,9)10)42-62(60)76(64)52-29-22-46(23-30-52)55-18-15-19-59-57-17-12-14-21-67(57)79-70(55)59/h11-14,16-18,20-44H,15,19H2,1-10H3. The van der Waals surface area contributed by atoms with Crippen molar-refractivity contribution in [3.8, 4) is 0 Å². The molecular weight excluding hydrogens is 962 g/mol. The van der Waals surface area contributed by atoms with E-state index in [9.17, 15) is 0 Å². The summed E-state index contributed by atoms with van der Waals surface area (Å²) in [4.78, 5) is 7.50. The number of benzene rings is 9. The molecule has 0 fully saturated rings. The van der Waals surface area contributed by atoms with Gasteiger partial charge in [-0.1, -0.05) is 159 Å². The second-order valence-corrected chi connectivity index (χ2v) is 25.4. The van der Waals surface area contributed by atoms with E-state index in [0.717, 1.165) is 91.5 Å². The second kappa shape index (κ2) is 17.8. The largest absolute Gasteiger partial charge is 0.456 e. The number of anilines is 9. The molecule has 79 heavy (non-hydrogen) atoms. The second-order valence-electron chi connectivity index (χ2n) is 25.4. The summed E-state index contributed by atoms with van der Waals surface area (Å²) in [7, 11) is 0. The van der Waals surface area contributed by atoms with Crippen LogP contribution in [0.4, 0.5) is 51.2 Å². The van der Waals surface area contributed by atoms with Crippen molar-refractivity contribution in [2.45, 2.75) is 98.3 Å². The maximum atomic E-state index is 6.70. The van der Waals surface area contributed by atoms with Crippen molar-refractivity contribution in [1.82, 2.24) is 0 Å². The number of nitrogens with zero attached hydrogens (tertiary/aromatic N) is 3. The number of fused-ring (bicyclic) bond motifs is 10. The van der Waals surface area contributed by atoms with Gasteiger partial charge in [-0.05, 0) is 171 Å². The molecule has 2 aromatic heterocycles. The first kappa shape index (κ1) is 48.9. The zero-order chi connectivity index (χ0) is 54.3. The van der Waals surface area contributed by atoms with Crippen LogP contribution >= 0.6 is 0 Å². The number of hydrogen-bond acceptors (Lipinski definition) is 5. The van der Waals surface area contributed by atoms with E-state index < -0.39 is 0 Å². The third-order valence-electron chi connectivity index (χ3n) is 17.0. The molecule has 0 N–H and O–H groups in total. The topological polar surface area (TPSA) is 36.0 Å². The predicted molar refractivity (Wildman–Crippen MR) is 335 cm³/mol. The van der Waals surface area contributed by atoms with E-state index in [2.05, 4.69) is 278 Å². The Morgan fingerprint density at radius 1 is 0.443 bits per heavy atom. The fourth-order valence-electron chi connectivity index (χ4n) is 12.9. The lowest BCUT2D eigenvalue weighted by Crippen LogP contribution is -2.61. The molecule has 0 radical (unpaired) electrons. The minimum absolute atomic E-state index is 0.0198. The lowest BCUT2D eigenvalue weighted by atomic mass is 9.33. The Bertz CT molecular complexity index is 4210. The average Bonchev–Trinajstić information content (AvgIpc) is 4.19. The number of allylic oxidation sites excluding steroid dienone is 1. The van der Waals surface area contributed by atoms with Crippen LogP contribution in [-0.4, -0.2) is 6.71 Å². The Hall–Kier alpha value is -8.48. The summed E-state index contributed by atoms with van der Waals surface area (Å²) < 4.78 is 13.3. The number of furan rings is 2. The molecule has 5 nitrogen and oxygen atoms in total. The van der Waals surface area contributed by atoms with Crippen LogP contribution in [-0.2, 0) is 22.7 Å². The van der Waals surface area contributed by atoms with Gasteiger partial charge in [0, 0.05) is 84.5 Å². The van der Waals surface area contributed by atoms with Gasteiger partial charge in [-0.2, -0.15) is 0 Å². The highest BCUT2D eigenvalue weighted by atomic mass is 16.3. The van der Waals surface area contributed by atoms with Crippen molar-refractivity contribution in [2.75, 3.05) is 14.7 Å². The fraction of sp³-hybridized carbons (Fsp3) is 0.205. The molecule has 0 amide bonds. The van der Waals surface area contributed by atoms with Crippen molar-refractivity contribution in [2.24, 2.45) is 0 Å². The predicted octanol–water partition coefficient (Wildman–Crippen LogP) is 18.5. The molecule has 11 aromatic rings. The van der Waals surface area contributed by atoms with E-state index >= 15 is 0 Å².